The second-order valence-electron chi connectivity index (χ2n) is 7.28. The number of esters is 1. The molecule has 2 aromatic rings. The number of benzene rings is 1. The first-order chi connectivity index (χ1) is 16.1. The van der Waals surface area contributed by atoms with Crippen LogP contribution in [-0.2, 0) is 30.9 Å². The number of likely N-dealkylation sites (tertiary alicyclic amines) is 1. The van der Waals surface area contributed by atoms with Crippen LogP contribution in [0.4, 0.5) is 5.69 Å². The third-order valence-corrected chi connectivity index (χ3v) is 6.40. The number of carbonyl (C=O) groups is 2. The molecule has 3 rings (SSSR count). The van der Waals surface area contributed by atoms with Crippen molar-refractivity contribution in [3.8, 4) is 0 Å². The largest absolute Gasteiger partial charge is 0.467 e. The van der Waals surface area contributed by atoms with Gasteiger partial charge in [-0.3, -0.25) is 4.79 Å². The highest BCUT2D eigenvalue weighted by Crippen LogP contribution is 2.29. The van der Waals surface area contributed by atoms with Crippen LogP contribution in [0.5, 0.6) is 0 Å². The Bertz CT molecular complexity index is 1170. The van der Waals surface area contributed by atoms with Crippen LogP contribution < -0.4 is 10.5 Å². The lowest BCUT2D eigenvalue weighted by molar-refractivity contribution is -0.758. The molecule has 34 heavy (non-hydrogen) atoms. The maximum absolute atomic E-state index is 12.8. The lowest BCUT2D eigenvalue weighted by Crippen LogP contribution is -2.41. The number of primary sulfonamides is 1. The van der Waals surface area contributed by atoms with Gasteiger partial charge in [-0.05, 0) is 37.1 Å². The van der Waals surface area contributed by atoms with Crippen LogP contribution >= 0.6 is 11.6 Å². The first kappa shape index (κ1) is 25.3. The number of anilines is 1. The molecule has 0 aliphatic carbocycles. The highest BCUT2D eigenvalue weighted by molar-refractivity contribution is 7.89. The third kappa shape index (κ3) is 6.36. The topological polar surface area (TPSA) is 184 Å². The molecule has 0 bridgehead atoms. The summed E-state index contributed by atoms with van der Waals surface area (Å²) < 4.78 is 34.0. The van der Waals surface area contributed by atoms with Crippen LogP contribution in [0.2, 0.25) is 5.02 Å². The van der Waals surface area contributed by atoms with E-state index in [2.05, 4.69) is 10.2 Å². The lowest BCUT2D eigenvalue weighted by Gasteiger charge is -2.23. The van der Waals surface area contributed by atoms with Crippen molar-refractivity contribution in [2.24, 2.45) is 5.14 Å². The van der Waals surface area contributed by atoms with Gasteiger partial charge in [-0.25, -0.2) is 18.4 Å². The standard InChI is InChI=1S/C19H21ClN4O9S/c20-15-8-16(22-9-13-4-2-6-31-13)14(7-17(15)34(21,29)30)19(26)32-11-18(25)23-5-1-3-12(23)10-33-24(27)28/h2,4,6-8,12,22H,1,3,5,9-11H2,(H2,21,29,30)/t12-/m1/s1. The fourth-order valence-corrected chi connectivity index (χ4v) is 4.55. The molecule has 0 saturated carbocycles. The molecule has 13 nitrogen and oxygen atoms in total. The Balaban J connectivity index is 1.75. The minimum Gasteiger partial charge on any atom is -0.467 e. The van der Waals surface area contributed by atoms with Gasteiger partial charge < -0.3 is 24.2 Å². The molecule has 1 aromatic carbocycles. The van der Waals surface area contributed by atoms with Crippen molar-refractivity contribution in [3.63, 3.8) is 0 Å². The quantitative estimate of drug-likeness (QED) is 0.266. The Labute approximate surface area is 198 Å². The predicted molar refractivity (Wildman–Crippen MR) is 117 cm³/mol. The molecule has 0 radical (unpaired) electrons. The predicted octanol–water partition coefficient (Wildman–Crippen LogP) is 1.55. The number of furan rings is 1. The van der Waals surface area contributed by atoms with E-state index in [4.69, 9.17) is 25.9 Å². The first-order valence-corrected chi connectivity index (χ1v) is 11.8. The fraction of sp³-hybridized carbons (Fsp3) is 0.368. The molecule has 184 valence electrons. The van der Waals surface area contributed by atoms with E-state index in [1.54, 1.807) is 12.1 Å². The number of carbonyl (C=O) groups excluding carboxylic acids is 2. The van der Waals surface area contributed by atoms with Gasteiger partial charge in [0, 0.05) is 6.54 Å². The number of hydrogen-bond acceptors (Lipinski definition) is 10. The maximum Gasteiger partial charge on any atom is 0.340 e. The summed E-state index contributed by atoms with van der Waals surface area (Å²) in [6.45, 7) is -0.487. The molecule has 3 N–H and O–H groups in total. The molecule has 1 amide bonds. The van der Waals surface area contributed by atoms with Crippen LogP contribution in [0.1, 0.15) is 29.0 Å². The fourth-order valence-electron chi connectivity index (χ4n) is 3.45. The monoisotopic (exact) mass is 516 g/mol. The van der Waals surface area contributed by atoms with Crippen molar-refractivity contribution in [2.75, 3.05) is 25.1 Å². The van der Waals surface area contributed by atoms with Crippen molar-refractivity contribution in [1.29, 1.82) is 0 Å². The average molecular weight is 517 g/mol. The van der Waals surface area contributed by atoms with Crippen LogP contribution in [-0.4, -0.2) is 56.1 Å². The SMILES string of the molecule is NS(=O)(=O)c1cc(C(=O)OCC(=O)N2CCC[C@@H]2CO[N+](=O)[O-])c(NCc2ccco2)cc1Cl. The van der Waals surface area contributed by atoms with Gasteiger partial charge in [0.25, 0.3) is 11.0 Å². The van der Waals surface area contributed by atoms with Gasteiger partial charge in [0.2, 0.25) is 10.0 Å². The van der Waals surface area contributed by atoms with E-state index in [1.165, 1.54) is 17.2 Å². The zero-order valence-corrected chi connectivity index (χ0v) is 19.2. The van der Waals surface area contributed by atoms with Crippen molar-refractivity contribution in [2.45, 2.75) is 30.3 Å². The van der Waals surface area contributed by atoms with Gasteiger partial charge >= 0.3 is 5.97 Å². The van der Waals surface area contributed by atoms with Gasteiger partial charge in [-0.1, -0.05) is 11.6 Å². The number of rotatable bonds is 10. The minimum atomic E-state index is -4.26. The summed E-state index contributed by atoms with van der Waals surface area (Å²) in [5.74, 6) is -1.05. The highest BCUT2D eigenvalue weighted by Gasteiger charge is 2.30. The van der Waals surface area contributed by atoms with Crippen molar-refractivity contribution in [1.82, 2.24) is 4.90 Å². The molecule has 0 unspecified atom stereocenters. The average Bonchev–Trinajstić information content (AvgIpc) is 3.45. The molecule has 1 aromatic heterocycles. The van der Waals surface area contributed by atoms with Gasteiger partial charge in [0.15, 0.2) is 6.61 Å². The first-order valence-electron chi connectivity index (χ1n) is 9.92. The summed E-state index contributed by atoms with van der Waals surface area (Å²) in [6.07, 6.45) is 2.57. The summed E-state index contributed by atoms with van der Waals surface area (Å²) in [4.78, 5) is 40.9. The second kappa shape index (κ2) is 10.7. The Kier molecular flexibility index (Phi) is 7.96. The van der Waals surface area contributed by atoms with E-state index in [0.29, 0.717) is 25.1 Å². The Morgan fingerprint density at radius 2 is 2.15 bits per heavy atom. The number of nitrogens with two attached hydrogens (primary N) is 1. The Morgan fingerprint density at radius 1 is 1.38 bits per heavy atom. The second-order valence-corrected chi connectivity index (χ2v) is 9.22. The molecule has 2 heterocycles. The normalized spacial score (nSPS) is 15.7. The van der Waals surface area contributed by atoms with E-state index < -0.39 is 44.5 Å². The molecular weight excluding hydrogens is 496 g/mol. The van der Waals surface area contributed by atoms with Gasteiger partial charge in [0.05, 0.1) is 35.1 Å². The summed E-state index contributed by atoms with van der Waals surface area (Å²) in [6, 6.07) is 4.98. The van der Waals surface area contributed by atoms with E-state index in [0.717, 1.165) is 6.07 Å². The molecule has 1 fully saturated rings. The van der Waals surface area contributed by atoms with E-state index >= 15 is 0 Å². The molecule has 1 atom stereocenters. The Hall–Kier alpha value is -3.36. The minimum absolute atomic E-state index is 0.129. The summed E-state index contributed by atoms with van der Waals surface area (Å²) in [5, 5.41) is 17.3. The third-order valence-electron chi connectivity index (χ3n) is 5.03. The van der Waals surface area contributed by atoms with Crippen LogP contribution in [0.25, 0.3) is 0 Å². The summed E-state index contributed by atoms with van der Waals surface area (Å²) in [7, 11) is -4.26. The van der Waals surface area contributed by atoms with E-state index in [-0.39, 0.29) is 29.4 Å². The van der Waals surface area contributed by atoms with Crippen molar-refractivity contribution < 1.29 is 37.1 Å². The number of hydrogen-bond donors (Lipinski definition) is 2. The van der Waals surface area contributed by atoms with E-state index in [9.17, 15) is 28.1 Å². The molecule has 0 spiro atoms. The number of halogens is 1. The maximum atomic E-state index is 12.8. The highest BCUT2D eigenvalue weighted by atomic mass is 35.5. The molecule has 1 aliphatic heterocycles. The Morgan fingerprint density at radius 3 is 2.79 bits per heavy atom. The van der Waals surface area contributed by atoms with Gasteiger partial charge in [0.1, 0.15) is 17.3 Å². The molecule has 1 aliphatic rings. The molecular formula is C19H21ClN4O9S. The number of sulfonamides is 1. The van der Waals surface area contributed by atoms with Crippen LogP contribution in [0, 0.1) is 10.1 Å². The van der Waals surface area contributed by atoms with E-state index in [1.807, 2.05) is 0 Å². The lowest BCUT2D eigenvalue weighted by atomic mass is 10.1. The zero-order chi connectivity index (χ0) is 24.9. The number of ether oxygens (including phenoxy) is 1. The number of nitrogens with zero attached hydrogens (tertiary/aromatic N) is 2. The smallest absolute Gasteiger partial charge is 0.340 e. The summed E-state index contributed by atoms with van der Waals surface area (Å²) in [5.41, 5.74) is -0.0906. The van der Waals surface area contributed by atoms with Crippen molar-refractivity contribution in [3.05, 3.63) is 57.0 Å². The summed E-state index contributed by atoms with van der Waals surface area (Å²) >= 11 is 6.04. The van der Waals surface area contributed by atoms with Crippen LogP contribution in [0.15, 0.2) is 39.8 Å². The van der Waals surface area contributed by atoms with Gasteiger partial charge in [-0.15, -0.1) is 10.1 Å². The molecule has 15 heteroatoms. The van der Waals surface area contributed by atoms with Crippen molar-refractivity contribution >= 4 is 39.2 Å². The van der Waals surface area contributed by atoms with Crippen LogP contribution in [0.3, 0.4) is 0 Å². The zero-order valence-electron chi connectivity index (χ0n) is 17.6. The number of nitrogens with one attached hydrogen (secondary N) is 1. The molecule has 1 saturated heterocycles. The number of amides is 1. The van der Waals surface area contributed by atoms with Gasteiger partial charge in [-0.2, -0.15) is 0 Å².